The van der Waals surface area contributed by atoms with Crippen molar-refractivity contribution in [1.29, 1.82) is 0 Å². The molecule has 0 saturated heterocycles. The van der Waals surface area contributed by atoms with Crippen LogP contribution in [0, 0.1) is 11.8 Å². The Balaban J connectivity index is 3.43. The van der Waals surface area contributed by atoms with Gasteiger partial charge in [0.1, 0.15) is 0 Å². The molecular formula is C10H19O2-. The van der Waals surface area contributed by atoms with Gasteiger partial charge in [0.15, 0.2) is 0 Å². The maximum Gasteiger partial charge on any atom is 0.0416 e. The van der Waals surface area contributed by atoms with Crippen LogP contribution in [0.15, 0.2) is 0 Å². The summed E-state index contributed by atoms with van der Waals surface area (Å²) in [5.41, 5.74) is 0. The molecule has 2 nitrogen and oxygen atoms in total. The SMILES string of the molecule is CC[C@H](C)CC[C@@H](C)CC(=O)[O-]. The lowest BCUT2D eigenvalue weighted by Crippen LogP contribution is -2.24. The summed E-state index contributed by atoms with van der Waals surface area (Å²) in [6, 6.07) is 0. The fourth-order valence-electron chi connectivity index (χ4n) is 1.16. The van der Waals surface area contributed by atoms with Crippen LogP contribution < -0.4 is 5.11 Å². The Labute approximate surface area is 75.0 Å². The largest absolute Gasteiger partial charge is 0.550 e. The van der Waals surface area contributed by atoms with Crippen LogP contribution in [0.3, 0.4) is 0 Å². The fraction of sp³-hybridized carbons (Fsp3) is 0.900. The predicted molar refractivity (Wildman–Crippen MR) is 47.5 cm³/mol. The fourth-order valence-corrected chi connectivity index (χ4v) is 1.16. The highest BCUT2D eigenvalue weighted by atomic mass is 16.4. The van der Waals surface area contributed by atoms with E-state index in [0.29, 0.717) is 5.92 Å². The second-order valence-corrected chi connectivity index (χ2v) is 3.77. The lowest BCUT2D eigenvalue weighted by atomic mass is 9.95. The van der Waals surface area contributed by atoms with E-state index in [9.17, 15) is 9.90 Å². The average molecular weight is 171 g/mol. The second kappa shape index (κ2) is 6.04. The van der Waals surface area contributed by atoms with Crippen molar-refractivity contribution in [3.05, 3.63) is 0 Å². The Kier molecular flexibility index (Phi) is 5.77. The quantitative estimate of drug-likeness (QED) is 0.609. The summed E-state index contributed by atoms with van der Waals surface area (Å²) in [5, 5.41) is 10.2. The van der Waals surface area contributed by atoms with Gasteiger partial charge in [-0.3, -0.25) is 0 Å². The minimum atomic E-state index is -0.924. The van der Waals surface area contributed by atoms with E-state index in [0.717, 1.165) is 12.8 Å². The first-order valence-corrected chi connectivity index (χ1v) is 4.76. The third kappa shape index (κ3) is 6.20. The molecule has 72 valence electrons. The zero-order chi connectivity index (χ0) is 9.56. The molecule has 0 aliphatic carbocycles. The predicted octanol–water partition coefficient (Wildman–Crippen LogP) is 1.59. The van der Waals surface area contributed by atoms with E-state index in [1.807, 2.05) is 6.92 Å². The molecule has 2 heteroatoms. The third-order valence-corrected chi connectivity index (χ3v) is 2.36. The summed E-state index contributed by atoms with van der Waals surface area (Å²) in [6.45, 7) is 6.33. The minimum Gasteiger partial charge on any atom is -0.550 e. The third-order valence-electron chi connectivity index (χ3n) is 2.36. The van der Waals surface area contributed by atoms with Crippen LogP contribution in [-0.4, -0.2) is 5.97 Å². The molecule has 0 N–H and O–H groups in total. The molecule has 0 aromatic carbocycles. The molecule has 0 rings (SSSR count). The van der Waals surface area contributed by atoms with Crippen LogP contribution in [0.2, 0.25) is 0 Å². The first kappa shape index (κ1) is 11.5. The van der Waals surface area contributed by atoms with Crippen LogP contribution >= 0.6 is 0 Å². The summed E-state index contributed by atoms with van der Waals surface area (Å²) >= 11 is 0. The van der Waals surface area contributed by atoms with E-state index in [-0.39, 0.29) is 12.3 Å². The van der Waals surface area contributed by atoms with Gasteiger partial charge < -0.3 is 9.90 Å². The van der Waals surface area contributed by atoms with E-state index < -0.39 is 5.97 Å². The maximum atomic E-state index is 10.2. The number of hydrogen-bond donors (Lipinski definition) is 0. The first-order valence-electron chi connectivity index (χ1n) is 4.76. The molecule has 0 aliphatic rings. The van der Waals surface area contributed by atoms with Crippen molar-refractivity contribution in [2.24, 2.45) is 11.8 Å². The first-order chi connectivity index (χ1) is 5.56. The topological polar surface area (TPSA) is 40.1 Å². The number of rotatable bonds is 6. The molecule has 0 aliphatic heterocycles. The normalized spacial score (nSPS) is 15.6. The van der Waals surface area contributed by atoms with Gasteiger partial charge in [0.2, 0.25) is 0 Å². The highest BCUT2D eigenvalue weighted by Crippen LogP contribution is 2.16. The second-order valence-electron chi connectivity index (χ2n) is 3.77. The highest BCUT2D eigenvalue weighted by molar-refractivity contribution is 5.64. The summed E-state index contributed by atoms with van der Waals surface area (Å²) in [6.07, 6.45) is 3.52. The maximum absolute atomic E-state index is 10.2. The standard InChI is InChI=1S/C10H20O2/c1-4-8(2)5-6-9(3)7-10(11)12/h8-9H,4-7H2,1-3H3,(H,11,12)/p-1/t8-,9+/m0/s1. The summed E-state index contributed by atoms with van der Waals surface area (Å²) in [5.74, 6) is 0.0601. The average Bonchev–Trinajstić information content (AvgIpc) is 1.99. The van der Waals surface area contributed by atoms with Crippen molar-refractivity contribution in [2.75, 3.05) is 0 Å². The monoisotopic (exact) mass is 171 g/mol. The Hall–Kier alpha value is -0.530. The molecule has 0 unspecified atom stereocenters. The molecule has 0 aromatic heterocycles. The van der Waals surface area contributed by atoms with Crippen LogP contribution in [0.4, 0.5) is 0 Å². The molecule has 0 saturated carbocycles. The number of carbonyl (C=O) groups excluding carboxylic acids is 1. The molecule has 0 heterocycles. The number of carboxylic acid groups (broad SMARTS) is 1. The van der Waals surface area contributed by atoms with Gasteiger partial charge in [-0.1, -0.05) is 40.0 Å². The van der Waals surface area contributed by atoms with E-state index in [1.54, 1.807) is 0 Å². The van der Waals surface area contributed by atoms with E-state index >= 15 is 0 Å². The zero-order valence-electron chi connectivity index (χ0n) is 8.30. The van der Waals surface area contributed by atoms with E-state index in [1.165, 1.54) is 6.42 Å². The van der Waals surface area contributed by atoms with Crippen molar-refractivity contribution >= 4 is 5.97 Å². The molecule has 0 aromatic rings. The van der Waals surface area contributed by atoms with Crippen LogP contribution in [0.25, 0.3) is 0 Å². The summed E-state index contributed by atoms with van der Waals surface area (Å²) in [4.78, 5) is 10.2. The highest BCUT2D eigenvalue weighted by Gasteiger charge is 2.05. The Morgan fingerprint density at radius 3 is 2.17 bits per heavy atom. The molecule has 2 atom stereocenters. The van der Waals surface area contributed by atoms with Gasteiger partial charge in [-0.05, 0) is 18.3 Å². The molecule has 0 fully saturated rings. The summed E-state index contributed by atoms with van der Waals surface area (Å²) in [7, 11) is 0. The lowest BCUT2D eigenvalue weighted by Gasteiger charge is -2.14. The van der Waals surface area contributed by atoms with Crippen LogP contribution in [0.5, 0.6) is 0 Å². The van der Waals surface area contributed by atoms with Gasteiger partial charge in [0.05, 0.1) is 0 Å². The molecule has 0 spiro atoms. The van der Waals surface area contributed by atoms with Gasteiger partial charge in [0, 0.05) is 5.97 Å². The van der Waals surface area contributed by atoms with Crippen molar-refractivity contribution in [3.8, 4) is 0 Å². The van der Waals surface area contributed by atoms with Gasteiger partial charge in [-0.15, -0.1) is 0 Å². The van der Waals surface area contributed by atoms with Crippen molar-refractivity contribution < 1.29 is 9.90 Å². The van der Waals surface area contributed by atoms with Gasteiger partial charge in [0.25, 0.3) is 0 Å². The van der Waals surface area contributed by atoms with Crippen molar-refractivity contribution in [1.82, 2.24) is 0 Å². The smallest absolute Gasteiger partial charge is 0.0416 e. The molecule has 0 bridgehead atoms. The van der Waals surface area contributed by atoms with E-state index in [4.69, 9.17) is 0 Å². The number of carbonyl (C=O) groups is 1. The number of carboxylic acids is 1. The summed E-state index contributed by atoms with van der Waals surface area (Å²) < 4.78 is 0. The van der Waals surface area contributed by atoms with Crippen molar-refractivity contribution in [2.45, 2.75) is 46.5 Å². The Bertz CT molecular complexity index is 132. The van der Waals surface area contributed by atoms with Gasteiger partial charge >= 0.3 is 0 Å². The minimum absolute atomic E-state index is 0.205. The number of aliphatic carboxylic acids is 1. The van der Waals surface area contributed by atoms with Crippen LogP contribution in [-0.2, 0) is 4.79 Å². The van der Waals surface area contributed by atoms with Gasteiger partial charge in [-0.25, -0.2) is 0 Å². The molecule has 12 heavy (non-hydrogen) atoms. The zero-order valence-corrected chi connectivity index (χ0v) is 8.30. The van der Waals surface area contributed by atoms with Crippen LogP contribution in [0.1, 0.15) is 46.5 Å². The molecule has 0 amide bonds. The Morgan fingerprint density at radius 1 is 1.25 bits per heavy atom. The van der Waals surface area contributed by atoms with Crippen molar-refractivity contribution in [3.63, 3.8) is 0 Å². The molecule has 0 radical (unpaired) electrons. The van der Waals surface area contributed by atoms with E-state index in [2.05, 4.69) is 13.8 Å². The van der Waals surface area contributed by atoms with Gasteiger partial charge in [-0.2, -0.15) is 0 Å². The number of hydrogen-bond acceptors (Lipinski definition) is 2. The molecular weight excluding hydrogens is 152 g/mol. The Morgan fingerprint density at radius 2 is 1.75 bits per heavy atom. The lowest BCUT2D eigenvalue weighted by molar-refractivity contribution is -0.306.